The molecule has 6 heteroatoms. The van der Waals surface area contributed by atoms with Gasteiger partial charge in [0.15, 0.2) is 12.4 Å². The van der Waals surface area contributed by atoms with E-state index in [1.807, 2.05) is 6.92 Å². The van der Waals surface area contributed by atoms with E-state index in [1.165, 1.54) is 0 Å². The van der Waals surface area contributed by atoms with Gasteiger partial charge in [-0.15, -0.1) is 0 Å². The number of amides is 1. The average Bonchev–Trinajstić information content (AvgIpc) is 2.87. The third-order valence-electron chi connectivity index (χ3n) is 2.65. The van der Waals surface area contributed by atoms with Crippen molar-refractivity contribution in [1.29, 1.82) is 0 Å². The van der Waals surface area contributed by atoms with Crippen molar-refractivity contribution < 1.29 is 18.8 Å². The Morgan fingerprint density at radius 1 is 1.65 bits per heavy atom. The molecule has 1 heterocycles. The number of ether oxygens (including phenoxy) is 1. The molecule has 1 N–H and O–H groups in total. The zero-order valence-electron chi connectivity index (χ0n) is 9.73. The van der Waals surface area contributed by atoms with Gasteiger partial charge in [-0.25, -0.2) is 0 Å². The third kappa shape index (κ3) is 3.05. The molecule has 17 heavy (non-hydrogen) atoms. The van der Waals surface area contributed by atoms with Crippen LogP contribution in [-0.2, 0) is 14.3 Å². The number of rotatable bonds is 4. The summed E-state index contributed by atoms with van der Waals surface area (Å²) in [5.74, 6) is 0.553. The highest BCUT2D eigenvalue weighted by Crippen LogP contribution is 2.38. The van der Waals surface area contributed by atoms with Crippen LogP contribution in [0.5, 0.6) is 0 Å². The van der Waals surface area contributed by atoms with Gasteiger partial charge in [0.1, 0.15) is 5.76 Å². The Kier molecular flexibility index (Phi) is 3.12. The van der Waals surface area contributed by atoms with Crippen molar-refractivity contribution in [3.8, 4) is 0 Å². The summed E-state index contributed by atoms with van der Waals surface area (Å²) >= 11 is 0. The highest BCUT2D eigenvalue weighted by Gasteiger charge is 2.40. The van der Waals surface area contributed by atoms with Gasteiger partial charge in [0.25, 0.3) is 5.91 Å². The van der Waals surface area contributed by atoms with Gasteiger partial charge in [-0.3, -0.25) is 9.59 Å². The largest absolute Gasteiger partial charge is 0.455 e. The van der Waals surface area contributed by atoms with Crippen molar-refractivity contribution in [3.05, 3.63) is 11.8 Å². The van der Waals surface area contributed by atoms with Gasteiger partial charge in [0.2, 0.25) is 0 Å². The number of aromatic nitrogens is 1. The van der Waals surface area contributed by atoms with E-state index in [1.54, 1.807) is 13.0 Å². The van der Waals surface area contributed by atoms with Crippen LogP contribution in [0.4, 0.5) is 5.82 Å². The number of nitrogens with one attached hydrogen (secondary N) is 1. The number of carbonyl (C=O) groups excluding carboxylic acids is 2. The minimum Gasteiger partial charge on any atom is -0.455 e. The molecule has 0 aliphatic heterocycles. The second-order valence-electron chi connectivity index (χ2n) is 4.30. The Morgan fingerprint density at radius 3 is 2.88 bits per heavy atom. The summed E-state index contributed by atoms with van der Waals surface area (Å²) in [4.78, 5) is 22.7. The molecule has 0 radical (unpaired) electrons. The van der Waals surface area contributed by atoms with Crippen molar-refractivity contribution in [2.75, 3.05) is 11.9 Å². The molecule has 2 rings (SSSR count). The standard InChI is InChI=1S/C11H14N2O4/c1-6-3-8(6)11(15)16-5-10(14)12-9-4-7(2)17-13-9/h4,6,8H,3,5H2,1-2H3,(H,12,13,14). The summed E-state index contributed by atoms with van der Waals surface area (Å²) in [6.45, 7) is 3.41. The van der Waals surface area contributed by atoms with Crippen LogP contribution in [0.3, 0.4) is 0 Å². The highest BCUT2D eigenvalue weighted by atomic mass is 16.5. The number of anilines is 1. The number of hydrogen-bond donors (Lipinski definition) is 1. The summed E-state index contributed by atoms with van der Waals surface area (Å²) < 4.78 is 9.65. The van der Waals surface area contributed by atoms with E-state index in [-0.39, 0.29) is 18.5 Å². The van der Waals surface area contributed by atoms with Crippen LogP contribution >= 0.6 is 0 Å². The van der Waals surface area contributed by atoms with Crippen molar-refractivity contribution in [3.63, 3.8) is 0 Å². The molecule has 0 bridgehead atoms. The Morgan fingerprint density at radius 2 is 2.35 bits per heavy atom. The minimum absolute atomic E-state index is 0.0305. The van der Waals surface area contributed by atoms with Crippen molar-refractivity contribution in [1.82, 2.24) is 5.16 Å². The van der Waals surface area contributed by atoms with Crippen LogP contribution in [0.15, 0.2) is 10.6 Å². The van der Waals surface area contributed by atoms with E-state index in [0.717, 1.165) is 6.42 Å². The topological polar surface area (TPSA) is 81.4 Å². The molecule has 1 amide bonds. The molecule has 1 aliphatic carbocycles. The SMILES string of the molecule is Cc1cc(NC(=O)COC(=O)C2CC2C)no1. The van der Waals surface area contributed by atoms with Crippen LogP contribution in [0.2, 0.25) is 0 Å². The Labute approximate surface area is 98.3 Å². The third-order valence-corrected chi connectivity index (χ3v) is 2.65. The highest BCUT2D eigenvalue weighted by molar-refractivity contribution is 5.92. The molecule has 2 atom stereocenters. The van der Waals surface area contributed by atoms with Gasteiger partial charge >= 0.3 is 5.97 Å². The van der Waals surface area contributed by atoms with Crippen molar-refractivity contribution in [2.24, 2.45) is 11.8 Å². The van der Waals surface area contributed by atoms with Gasteiger partial charge in [-0.05, 0) is 19.3 Å². The van der Waals surface area contributed by atoms with Gasteiger partial charge in [0, 0.05) is 6.07 Å². The van der Waals surface area contributed by atoms with Crippen molar-refractivity contribution >= 4 is 17.7 Å². The number of nitrogens with zero attached hydrogens (tertiary/aromatic N) is 1. The fraction of sp³-hybridized carbons (Fsp3) is 0.545. The monoisotopic (exact) mass is 238 g/mol. The molecule has 1 fully saturated rings. The number of carbonyl (C=O) groups is 2. The van der Waals surface area contributed by atoms with Gasteiger partial charge in [0.05, 0.1) is 5.92 Å². The normalized spacial score (nSPS) is 22.0. The lowest BCUT2D eigenvalue weighted by atomic mass is 10.3. The number of esters is 1. The number of hydrogen-bond acceptors (Lipinski definition) is 5. The van der Waals surface area contributed by atoms with Crippen LogP contribution < -0.4 is 5.32 Å². The van der Waals surface area contributed by atoms with E-state index < -0.39 is 5.91 Å². The summed E-state index contributed by atoms with van der Waals surface area (Å²) in [6, 6.07) is 1.59. The molecule has 6 nitrogen and oxygen atoms in total. The van der Waals surface area contributed by atoms with Gasteiger partial charge in [-0.2, -0.15) is 0 Å². The molecular weight excluding hydrogens is 224 g/mol. The maximum atomic E-state index is 11.4. The van der Waals surface area contributed by atoms with Gasteiger partial charge in [-0.1, -0.05) is 12.1 Å². The Hall–Kier alpha value is -1.85. The zero-order chi connectivity index (χ0) is 12.4. The summed E-state index contributed by atoms with van der Waals surface area (Å²) in [7, 11) is 0. The first-order valence-corrected chi connectivity index (χ1v) is 5.46. The Balaban J connectivity index is 1.72. The molecule has 1 saturated carbocycles. The van der Waals surface area contributed by atoms with E-state index in [0.29, 0.717) is 17.5 Å². The lowest BCUT2D eigenvalue weighted by Crippen LogP contribution is -2.21. The van der Waals surface area contributed by atoms with E-state index in [2.05, 4.69) is 10.5 Å². The lowest BCUT2D eigenvalue weighted by molar-refractivity contribution is -0.148. The van der Waals surface area contributed by atoms with Crippen molar-refractivity contribution in [2.45, 2.75) is 20.3 Å². The second kappa shape index (κ2) is 4.57. The molecule has 0 spiro atoms. The first kappa shape index (κ1) is 11.6. The van der Waals surface area contributed by atoms with Crippen LogP contribution in [0, 0.1) is 18.8 Å². The van der Waals surface area contributed by atoms with E-state index >= 15 is 0 Å². The van der Waals surface area contributed by atoms with E-state index in [9.17, 15) is 9.59 Å². The number of aryl methyl sites for hydroxylation is 1. The molecule has 0 saturated heterocycles. The average molecular weight is 238 g/mol. The predicted octanol–water partition coefficient (Wildman–Crippen LogP) is 1.12. The smallest absolute Gasteiger partial charge is 0.309 e. The van der Waals surface area contributed by atoms with E-state index in [4.69, 9.17) is 9.26 Å². The fourth-order valence-corrected chi connectivity index (χ4v) is 1.50. The molecule has 1 aromatic rings. The lowest BCUT2D eigenvalue weighted by Gasteiger charge is -2.03. The molecule has 92 valence electrons. The molecular formula is C11H14N2O4. The summed E-state index contributed by atoms with van der Waals surface area (Å²) in [6.07, 6.45) is 0.850. The molecule has 1 aromatic heterocycles. The first-order chi connectivity index (χ1) is 8.06. The maximum Gasteiger partial charge on any atom is 0.309 e. The molecule has 0 aromatic carbocycles. The Bertz CT molecular complexity index is 440. The predicted molar refractivity (Wildman–Crippen MR) is 58.1 cm³/mol. The molecule has 2 unspecified atom stereocenters. The second-order valence-corrected chi connectivity index (χ2v) is 4.30. The quantitative estimate of drug-likeness (QED) is 0.795. The van der Waals surface area contributed by atoms with Crippen LogP contribution in [-0.4, -0.2) is 23.6 Å². The zero-order valence-corrected chi connectivity index (χ0v) is 9.73. The molecule has 1 aliphatic rings. The minimum atomic E-state index is -0.417. The van der Waals surface area contributed by atoms with Crippen LogP contribution in [0.25, 0.3) is 0 Å². The maximum absolute atomic E-state index is 11.4. The fourth-order valence-electron chi connectivity index (χ4n) is 1.50. The summed E-state index contributed by atoms with van der Waals surface area (Å²) in [5, 5.41) is 6.06. The summed E-state index contributed by atoms with van der Waals surface area (Å²) in [5.41, 5.74) is 0. The van der Waals surface area contributed by atoms with Crippen LogP contribution in [0.1, 0.15) is 19.1 Å². The van der Waals surface area contributed by atoms with Gasteiger partial charge < -0.3 is 14.6 Å². The first-order valence-electron chi connectivity index (χ1n) is 5.46.